The second kappa shape index (κ2) is 12.5. The van der Waals surface area contributed by atoms with E-state index in [9.17, 15) is 10.2 Å². The lowest BCUT2D eigenvalue weighted by atomic mass is 9.65. The van der Waals surface area contributed by atoms with Crippen molar-refractivity contribution in [3.05, 3.63) is 0 Å². The second-order valence-corrected chi connectivity index (χ2v) is 14.4. The first-order valence-corrected chi connectivity index (χ1v) is 14.1. The zero-order valence-electron chi connectivity index (χ0n) is 26.5. The molecule has 222 valence electrons. The van der Waals surface area contributed by atoms with Gasteiger partial charge in [0.2, 0.25) is 0 Å². The van der Waals surface area contributed by atoms with E-state index < -0.39 is 33.6 Å². The maximum absolute atomic E-state index is 10.5. The largest absolute Gasteiger partial charge is 0.388 e. The minimum Gasteiger partial charge on any atom is -0.388 e. The number of ether oxygens (including phenoxy) is 5. The molecule has 4 atom stereocenters. The lowest BCUT2D eigenvalue weighted by molar-refractivity contribution is -0.187. The van der Waals surface area contributed by atoms with Gasteiger partial charge in [0.1, 0.15) is 0 Å². The highest BCUT2D eigenvalue weighted by molar-refractivity contribution is 5.06. The molecule has 0 radical (unpaired) electrons. The van der Waals surface area contributed by atoms with Crippen LogP contribution in [-0.4, -0.2) is 83.0 Å². The summed E-state index contributed by atoms with van der Waals surface area (Å²) >= 11 is 0. The molecule has 7 heteroatoms. The fraction of sp³-hybridized carbons (Fsp3) is 1.00. The molecule has 0 spiro atoms. The van der Waals surface area contributed by atoms with Gasteiger partial charge >= 0.3 is 0 Å². The van der Waals surface area contributed by atoms with Gasteiger partial charge in [-0.3, -0.25) is 0 Å². The Morgan fingerprint density at radius 3 is 1.65 bits per heavy atom. The fourth-order valence-corrected chi connectivity index (χ4v) is 5.68. The van der Waals surface area contributed by atoms with Gasteiger partial charge in [-0.05, 0) is 103 Å². The molecule has 4 unspecified atom stereocenters. The minimum atomic E-state index is -0.957. The molecular formula is C30H60O7. The highest BCUT2D eigenvalue weighted by Crippen LogP contribution is 2.50. The third kappa shape index (κ3) is 10.7. The molecule has 1 aliphatic rings. The number of hydrogen-bond acceptors (Lipinski definition) is 7. The Hall–Kier alpha value is -0.280. The van der Waals surface area contributed by atoms with Crippen molar-refractivity contribution in [2.24, 2.45) is 17.8 Å². The van der Waals surface area contributed by atoms with Crippen LogP contribution in [0.3, 0.4) is 0 Å². The molecule has 1 saturated heterocycles. The van der Waals surface area contributed by atoms with Gasteiger partial charge < -0.3 is 33.9 Å². The zero-order valence-corrected chi connectivity index (χ0v) is 26.5. The lowest BCUT2D eigenvalue weighted by Crippen LogP contribution is -2.56. The summed E-state index contributed by atoms with van der Waals surface area (Å²) in [6, 6.07) is 0. The minimum absolute atomic E-state index is 0.0520. The monoisotopic (exact) mass is 532 g/mol. The van der Waals surface area contributed by atoms with Gasteiger partial charge in [-0.15, -0.1) is 0 Å². The van der Waals surface area contributed by atoms with Crippen LogP contribution in [0.5, 0.6) is 0 Å². The summed E-state index contributed by atoms with van der Waals surface area (Å²) < 4.78 is 32.0. The molecule has 0 aromatic carbocycles. The van der Waals surface area contributed by atoms with E-state index in [4.69, 9.17) is 23.7 Å². The average molecular weight is 533 g/mol. The highest BCUT2D eigenvalue weighted by Gasteiger charge is 2.57. The molecule has 1 rings (SSSR count). The highest BCUT2D eigenvalue weighted by atomic mass is 16.5. The Morgan fingerprint density at radius 1 is 0.703 bits per heavy atom. The van der Waals surface area contributed by atoms with Crippen LogP contribution in [0.2, 0.25) is 0 Å². The van der Waals surface area contributed by atoms with E-state index in [1.807, 2.05) is 13.8 Å². The molecule has 1 fully saturated rings. The quantitative estimate of drug-likeness (QED) is 0.276. The Bertz CT molecular complexity index is 685. The molecule has 0 saturated carbocycles. The van der Waals surface area contributed by atoms with Crippen molar-refractivity contribution in [1.82, 2.24) is 0 Å². The Kier molecular flexibility index (Phi) is 11.7. The van der Waals surface area contributed by atoms with Crippen molar-refractivity contribution in [1.29, 1.82) is 0 Å². The molecule has 1 heterocycles. The molecule has 0 bridgehead atoms. The maximum Gasteiger partial charge on any atom is 0.0824 e. The fourth-order valence-electron chi connectivity index (χ4n) is 5.68. The van der Waals surface area contributed by atoms with Crippen molar-refractivity contribution in [3.8, 4) is 0 Å². The maximum atomic E-state index is 10.5. The van der Waals surface area contributed by atoms with Crippen LogP contribution in [0.4, 0.5) is 0 Å². The van der Waals surface area contributed by atoms with Crippen LogP contribution in [0, 0.1) is 17.8 Å². The summed E-state index contributed by atoms with van der Waals surface area (Å²) in [6.45, 7) is 30.0. The molecule has 7 nitrogen and oxygen atoms in total. The molecule has 0 amide bonds. The summed E-state index contributed by atoms with van der Waals surface area (Å²) in [7, 11) is 0. The Balaban J connectivity index is 3.59. The smallest absolute Gasteiger partial charge is 0.0824 e. The normalized spacial score (nSPS) is 23.5. The van der Waals surface area contributed by atoms with E-state index in [0.29, 0.717) is 26.2 Å². The third-order valence-electron chi connectivity index (χ3n) is 7.60. The van der Waals surface area contributed by atoms with Crippen molar-refractivity contribution in [3.63, 3.8) is 0 Å². The van der Waals surface area contributed by atoms with E-state index >= 15 is 0 Å². The molecule has 0 aromatic rings. The third-order valence-corrected chi connectivity index (χ3v) is 7.60. The first kappa shape index (κ1) is 34.7. The predicted molar refractivity (Wildman–Crippen MR) is 149 cm³/mol. The number of rotatable bonds is 16. The number of hydrogen-bond donors (Lipinski definition) is 2. The summed E-state index contributed by atoms with van der Waals surface area (Å²) in [6.07, 6.45) is 0.475. The Labute approximate surface area is 227 Å². The molecule has 0 aliphatic carbocycles. The van der Waals surface area contributed by atoms with Crippen molar-refractivity contribution in [2.45, 2.75) is 143 Å². The Morgan fingerprint density at radius 2 is 1.19 bits per heavy atom. The lowest BCUT2D eigenvalue weighted by Gasteiger charge is -2.49. The van der Waals surface area contributed by atoms with Crippen LogP contribution in [-0.2, 0) is 23.7 Å². The SMILES string of the molecule is CCOC(C)(C)CC(C1OCC(C(C)(C)OCC)C1C(C)(C)OCC(C)(C)O)C(C)(C)OCC(C)(C)O. The van der Waals surface area contributed by atoms with Crippen molar-refractivity contribution in [2.75, 3.05) is 33.0 Å². The first-order valence-electron chi connectivity index (χ1n) is 14.1. The summed E-state index contributed by atoms with van der Waals surface area (Å²) in [4.78, 5) is 0. The van der Waals surface area contributed by atoms with Crippen molar-refractivity contribution >= 4 is 0 Å². The number of aliphatic hydroxyl groups is 2. The summed E-state index contributed by atoms with van der Waals surface area (Å²) in [5.74, 6) is -0.0743. The van der Waals surface area contributed by atoms with E-state index in [2.05, 4.69) is 55.4 Å². The van der Waals surface area contributed by atoms with Gasteiger partial charge in [-0.25, -0.2) is 0 Å². The molecule has 37 heavy (non-hydrogen) atoms. The summed E-state index contributed by atoms with van der Waals surface area (Å²) in [5, 5.41) is 20.9. The van der Waals surface area contributed by atoms with Crippen LogP contribution in [0.15, 0.2) is 0 Å². The second-order valence-electron chi connectivity index (χ2n) is 14.4. The van der Waals surface area contributed by atoms with Gasteiger partial charge in [-0.1, -0.05) is 0 Å². The van der Waals surface area contributed by atoms with Crippen LogP contribution in [0.25, 0.3) is 0 Å². The molecule has 1 aliphatic heterocycles. The van der Waals surface area contributed by atoms with Gasteiger partial charge in [0, 0.05) is 31.0 Å². The van der Waals surface area contributed by atoms with Gasteiger partial charge in [0.05, 0.1) is 59.5 Å². The van der Waals surface area contributed by atoms with Crippen LogP contribution < -0.4 is 0 Å². The van der Waals surface area contributed by atoms with E-state index in [0.717, 1.165) is 0 Å². The first-order chi connectivity index (χ1) is 16.5. The predicted octanol–water partition coefficient (Wildman–Crippen LogP) is 5.39. The molecule has 2 N–H and O–H groups in total. The molecular weight excluding hydrogens is 472 g/mol. The van der Waals surface area contributed by atoms with E-state index in [1.165, 1.54) is 0 Å². The van der Waals surface area contributed by atoms with E-state index in [1.54, 1.807) is 27.7 Å². The van der Waals surface area contributed by atoms with E-state index in [-0.39, 0.29) is 37.1 Å². The standard InChI is InChI=1S/C30H60O7/c1-15-34-27(7,8)17-21(28(9,10)36-19-25(3,4)31)24-23(30(13,14)37-20-26(5,6)32)22(18-33-24)29(11,12)35-16-2/h21-24,31-32H,15-20H2,1-14H3. The topological polar surface area (TPSA) is 86.6 Å². The van der Waals surface area contributed by atoms with Crippen LogP contribution in [0.1, 0.15) is 103 Å². The molecule has 0 aromatic heterocycles. The van der Waals surface area contributed by atoms with Crippen molar-refractivity contribution < 1.29 is 33.9 Å². The van der Waals surface area contributed by atoms with Crippen LogP contribution >= 0.6 is 0 Å². The van der Waals surface area contributed by atoms with Gasteiger partial charge in [0.25, 0.3) is 0 Å². The summed E-state index contributed by atoms with van der Waals surface area (Å²) in [5.41, 5.74) is -4.02. The zero-order chi connectivity index (χ0) is 29.1. The average Bonchev–Trinajstić information content (AvgIpc) is 3.15. The van der Waals surface area contributed by atoms with Gasteiger partial charge in [0.15, 0.2) is 0 Å². The van der Waals surface area contributed by atoms with Gasteiger partial charge in [-0.2, -0.15) is 0 Å².